The smallest absolute Gasteiger partial charge is 0.301 e. The lowest BCUT2D eigenvalue weighted by Gasteiger charge is -2.16. The quantitative estimate of drug-likeness (QED) is 0.767. The van der Waals surface area contributed by atoms with Crippen molar-refractivity contribution in [1.82, 2.24) is 0 Å². The van der Waals surface area contributed by atoms with Crippen molar-refractivity contribution in [2.24, 2.45) is 0 Å². The minimum atomic E-state index is -2.32. The van der Waals surface area contributed by atoms with Gasteiger partial charge in [0.15, 0.2) is 5.83 Å². The highest BCUT2D eigenvalue weighted by molar-refractivity contribution is 5.68. The molecule has 2 aromatic rings. The van der Waals surface area contributed by atoms with E-state index in [-0.39, 0.29) is 6.42 Å². The molecule has 0 heterocycles. The molecule has 0 aliphatic rings. The van der Waals surface area contributed by atoms with Crippen LogP contribution in [0, 0.1) is 6.92 Å². The number of halogens is 3. The summed E-state index contributed by atoms with van der Waals surface area (Å²) in [5, 5.41) is 10.2. The highest BCUT2D eigenvalue weighted by Crippen LogP contribution is 2.31. The van der Waals surface area contributed by atoms with Gasteiger partial charge >= 0.3 is 6.08 Å². The van der Waals surface area contributed by atoms with Crippen LogP contribution in [0.5, 0.6) is 0 Å². The predicted molar refractivity (Wildman–Crippen MR) is 81.2 cm³/mol. The topological polar surface area (TPSA) is 20.2 Å². The van der Waals surface area contributed by atoms with E-state index in [1.165, 1.54) is 0 Å². The number of allylic oxidation sites excluding steroid dienone is 1. The molecule has 1 nitrogen and oxygen atoms in total. The molecule has 0 aliphatic heterocycles. The summed E-state index contributed by atoms with van der Waals surface area (Å²) in [4.78, 5) is 0. The van der Waals surface area contributed by atoms with Crippen LogP contribution >= 0.6 is 0 Å². The van der Waals surface area contributed by atoms with Gasteiger partial charge in [0.05, 0.1) is 6.10 Å². The fourth-order valence-corrected chi connectivity index (χ4v) is 2.46. The maximum absolute atomic E-state index is 12.9. The van der Waals surface area contributed by atoms with Crippen LogP contribution in [0.15, 0.2) is 60.4 Å². The first-order valence-electron chi connectivity index (χ1n) is 7.03. The van der Waals surface area contributed by atoms with Gasteiger partial charge in [-0.05, 0) is 35.6 Å². The summed E-state index contributed by atoms with van der Waals surface area (Å²) in [6, 6.07) is 15.1. The van der Waals surface area contributed by atoms with Gasteiger partial charge in [-0.1, -0.05) is 48.5 Å². The Morgan fingerprint density at radius 2 is 1.68 bits per heavy atom. The van der Waals surface area contributed by atoms with E-state index in [2.05, 4.69) is 0 Å². The third kappa shape index (κ3) is 3.77. The summed E-state index contributed by atoms with van der Waals surface area (Å²) in [5.41, 5.74) is 3.47. The number of hydrogen-bond donors (Lipinski definition) is 1. The molecule has 0 bridgehead atoms. The van der Waals surface area contributed by atoms with Gasteiger partial charge < -0.3 is 5.11 Å². The minimum Gasteiger partial charge on any atom is -0.388 e. The molecule has 116 valence electrons. The van der Waals surface area contributed by atoms with Gasteiger partial charge in [0.25, 0.3) is 0 Å². The first-order chi connectivity index (χ1) is 10.5. The van der Waals surface area contributed by atoms with Crippen molar-refractivity contribution in [3.8, 4) is 11.1 Å². The van der Waals surface area contributed by atoms with Gasteiger partial charge in [0, 0.05) is 6.42 Å². The first-order valence-corrected chi connectivity index (χ1v) is 7.03. The van der Waals surface area contributed by atoms with E-state index in [9.17, 15) is 18.3 Å². The molecular formula is C18H17F3O. The van der Waals surface area contributed by atoms with Crippen LogP contribution in [-0.2, 0) is 0 Å². The largest absolute Gasteiger partial charge is 0.388 e. The second-order valence-electron chi connectivity index (χ2n) is 5.11. The van der Waals surface area contributed by atoms with Crippen LogP contribution in [0.3, 0.4) is 0 Å². The molecule has 1 atom stereocenters. The SMILES string of the molecule is Cc1c(-c2ccccc2)cccc1C(O)CCC(F)=C(F)F. The van der Waals surface area contributed by atoms with Crippen LogP contribution in [0.4, 0.5) is 13.2 Å². The first kappa shape index (κ1) is 16.3. The van der Waals surface area contributed by atoms with E-state index < -0.39 is 24.4 Å². The predicted octanol–water partition coefficient (Wildman–Crippen LogP) is 5.55. The number of aliphatic hydroxyl groups is 1. The average Bonchev–Trinajstić information content (AvgIpc) is 2.53. The van der Waals surface area contributed by atoms with Crippen LogP contribution in [0.1, 0.15) is 30.1 Å². The Hall–Kier alpha value is -2.07. The normalized spacial score (nSPS) is 12.0. The van der Waals surface area contributed by atoms with Crippen molar-refractivity contribution in [3.05, 3.63) is 71.6 Å². The summed E-state index contributed by atoms with van der Waals surface area (Å²) < 4.78 is 37.0. The molecule has 4 heteroatoms. The van der Waals surface area contributed by atoms with Gasteiger partial charge in [0.2, 0.25) is 0 Å². The molecule has 2 rings (SSSR count). The zero-order chi connectivity index (χ0) is 16.1. The molecule has 0 saturated carbocycles. The van der Waals surface area contributed by atoms with Crippen molar-refractivity contribution >= 4 is 0 Å². The van der Waals surface area contributed by atoms with Crippen LogP contribution in [0.2, 0.25) is 0 Å². The van der Waals surface area contributed by atoms with Crippen LogP contribution in [0.25, 0.3) is 11.1 Å². The Bertz CT molecular complexity index is 661. The van der Waals surface area contributed by atoms with Crippen molar-refractivity contribution in [1.29, 1.82) is 0 Å². The highest BCUT2D eigenvalue weighted by Gasteiger charge is 2.15. The Morgan fingerprint density at radius 3 is 2.32 bits per heavy atom. The van der Waals surface area contributed by atoms with Gasteiger partial charge in [-0.25, -0.2) is 4.39 Å². The average molecular weight is 306 g/mol. The lowest BCUT2D eigenvalue weighted by atomic mass is 9.92. The second kappa shape index (κ2) is 7.27. The van der Waals surface area contributed by atoms with Crippen molar-refractivity contribution in [2.45, 2.75) is 25.9 Å². The Morgan fingerprint density at radius 1 is 1.00 bits per heavy atom. The fraction of sp³-hybridized carbons (Fsp3) is 0.222. The second-order valence-corrected chi connectivity index (χ2v) is 5.11. The van der Waals surface area contributed by atoms with E-state index in [4.69, 9.17) is 0 Å². The van der Waals surface area contributed by atoms with Gasteiger partial charge in [-0.3, -0.25) is 0 Å². The van der Waals surface area contributed by atoms with E-state index in [1.807, 2.05) is 43.3 Å². The number of hydrogen-bond acceptors (Lipinski definition) is 1. The molecule has 0 spiro atoms. The maximum atomic E-state index is 12.9. The lowest BCUT2D eigenvalue weighted by Crippen LogP contribution is -2.01. The molecule has 2 aromatic carbocycles. The van der Waals surface area contributed by atoms with E-state index in [0.717, 1.165) is 16.7 Å². The monoisotopic (exact) mass is 306 g/mol. The molecule has 0 aliphatic carbocycles. The summed E-state index contributed by atoms with van der Waals surface area (Å²) >= 11 is 0. The number of benzene rings is 2. The molecule has 0 amide bonds. The Labute approximate surface area is 127 Å². The molecule has 0 radical (unpaired) electrons. The highest BCUT2D eigenvalue weighted by atomic mass is 19.3. The molecular weight excluding hydrogens is 289 g/mol. The van der Waals surface area contributed by atoms with E-state index in [1.54, 1.807) is 12.1 Å². The zero-order valence-electron chi connectivity index (χ0n) is 12.2. The maximum Gasteiger partial charge on any atom is 0.301 e. The minimum absolute atomic E-state index is 0.0811. The Balaban J connectivity index is 2.24. The summed E-state index contributed by atoms with van der Waals surface area (Å²) in [6.07, 6.45) is -3.85. The van der Waals surface area contributed by atoms with Gasteiger partial charge in [-0.15, -0.1) is 0 Å². The molecule has 1 unspecified atom stereocenters. The molecule has 0 fully saturated rings. The van der Waals surface area contributed by atoms with Crippen molar-refractivity contribution in [2.75, 3.05) is 0 Å². The third-order valence-corrected chi connectivity index (χ3v) is 3.66. The zero-order valence-corrected chi connectivity index (χ0v) is 12.2. The number of aliphatic hydroxyl groups excluding tert-OH is 1. The summed E-state index contributed by atoms with van der Waals surface area (Å²) in [7, 11) is 0. The third-order valence-electron chi connectivity index (χ3n) is 3.66. The van der Waals surface area contributed by atoms with Crippen LogP contribution in [-0.4, -0.2) is 5.11 Å². The van der Waals surface area contributed by atoms with Crippen molar-refractivity contribution < 1.29 is 18.3 Å². The molecule has 0 aromatic heterocycles. The van der Waals surface area contributed by atoms with E-state index in [0.29, 0.717) is 5.56 Å². The molecule has 22 heavy (non-hydrogen) atoms. The number of rotatable bonds is 5. The Kier molecular flexibility index (Phi) is 5.39. The summed E-state index contributed by atoms with van der Waals surface area (Å²) in [6.45, 7) is 1.86. The molecule has 1 N–H and O–H groups in total. The lowest BCUT2D eigenvalue weighted by molar-refractivity contribution is 0.163. The van der Waals surface area contributed by atoms with Crippen molar-refractivity contribution in [3.63, 3.8) is 0 Å². The standard InChI is InChI=1S/C18H17F3O/c1-12-14(13-6-3-2-4-7-13)8-5-9-15(12)17(22)11-10-16(19)18(20)21/h2-9,17,22H,10-11H2,1H3. The fourth-order valence-electron chi connectivity index (χ4n) is 2.46. The van der Waals surface area contributed by atoms with Gasteiger partial charge in [0.1, 0.15) is 0 Å². The van der Waals surface area contributed by atoms with Gasteiger partial charge in [-0.2, -0.15) is 8.78 Å². The van der Waals surface area contributed by atoms with Crippen LogP contribution < -0.4 is 0 Å². The molecule has 0 saturated heterocycles. The summed E-state index contributed by atoms with van der Waals surface area (Å²) in [5.74, 6) is -1.46. The van der Waals surface area contributed by atoms with E-state index >= 15 is 0 Å².